The third kappa shape index (κ3) is 5.00. The Morgan fingerprint density at radius 2 is 1.79 bits per heavy atom. The molecule has 0 bridgehead atoms. The molecule has 2 atom stereocenters. The minimum Gasteiger partial charge on any atom is -0.392 e. The Morgan fingerprint density at radius 1 is 1.02 bits per heavy atom. The molecule has 2 aromatic heterocycles. The number of aliphatic hydroxyl groups is 1. The van der Waals surface area contributed by atoms with Crippen LogP contribution in [0.4, 0.5) is 0 Å². The van der Waals surface area contributed by atoms with E-state index in [-0.39, 0.29) is 24.0 Å². The number of pyridine rings is 1. The second kappa shape index (κ2) is 11.1. The molecule has 3 heterocycles. The number of aromatic nitrogens is 1. The van der Waals surface area contributed by atoms with E-state index in [1.54, 1.807) is 7.11 Å². The first kappa shape index (κ1) is 28.8. The highest BCUT2D eigenvalue weighted by molar-refractivity contribution is 7.22. The number of rotatable bonds is 7. The van der Waals surface area contributed by atoms with Gasteiger partial charge in [-0.3, -0.25) is 0 Å². The molecular formula is C38H42NO2S+. The first-order valence-corrected chi connectivity index (χ1v) is 15.8. The highest BCUT2D eigenvalue weighted by Gasteiger charge is 2.43. The van der Waals surface area contributed by atoms with E-state index in [1.165, 1.54) is 53.6 Å². The molecule has 0 spiro atoms. The molecule has 1 aliphatic rings. The number of aliphatic hydroxyl groups excluding tert-OH is 1. The van der Waals surface area contributed by atoms with Crippen LogP contribution in [-0.2, 0) is 16.6 Å². The van der Waals surface area contributed by atoms with Gasteiger partial charge in [-0.1, -0.05) is 77.6 Å². The fraction of sp³-hybridized carbons (Fsp3) is 0.342. The maximum absolute atomic E-state index is 10.3. The van der Waals surface area contributed by atoms with Crippen LogP contribution in [0.3, 0.4) is 0 Å². The Kier molecular flexibility index (Phi) is 7.59. The van der Waals surface area contributed by atoms with Gasteiger partial charge in [0.2, 0.25) is 5.69 Å². The monoisotopic (exact) mass is 576 g/mol. The quantitative estimate of drug-likeness (QED) is 0.155. The Balaban J connectivity index is 1.61. The summed E-state index contributed by atoms with van der Waals surface area (Å²) in [6, 6.07) is 24.9. The Morgan fingerprint density at radius 3 is 2.48 bits per heavy atom. The normalized spacial score (nSPS) is 16.7. The van der Waals surface area contributed by atoms with Crippen LogP contribution in [0.5, 0.6) is 0 Å². The summed E-state index contributed by atoms with van der Waals surface area (Å²) >= 11 is 1.85. The van der Waals surface area contributed by atoms with Gasteiger partial charge in [-0.15, -0.1) is 11.3 Å². The Labute approximate surface area is 254 Å². The summed E-state index contributed by atoms with van der Waals surface area (Å²) in [4.78, 5) is 1.27. The minimum atomic E-state index is -0.114. The maximum atomic E-state index is 10.3. The zero-order valence-corrected chi connectivity index (χ0v) is 26.5. The van der Waals surface area contributed by atoms with Crippen molar-refractivity contribution in [3.05, 3.63) is 102 Å². The lowest BCUT2D eigenvalue weighted by Gasteiger charge is -2.34. The zero-order chi connectivity index (χ0) is 29.8. The minimum absolute atomic E-state index is 0.0237. The summed E-state index contributed by atoms with van der Waals surface area (Å²) in [6.45, 7) is 16.3. The molecule has 0 saturated heterocycles. The van der Waals surface area contributed by atoms with E-state index in [2.05, 4.69) is 119 Å². The summed E-state index contributed by atoms with van der Waals surface area (Å²) in [6.07, 6.45) is 3.29. The van der Waals surface area contributed by atoms with Gasteiger partial charge in [-0.2, -0.15) is 4.57 Å². The average Bonchev–Trinajstić information content (AvgIpc) is 3.39. The van der Waals surface area contributed by atoms with Crippen molar-refractivity contribution in [1.82, 2.24) is 0 Å². The Bertz CT molecular complexity index is 1810. The van der Waals surface area contributed by atoms with Crippen molar-refractivity contribution in [2.75, 3.05) is 20.3 Å². The van der Waals surface area contributed by atoms with Crippen molar-refractivity contribution in [1.29, 1.82) is 0 Å². The standard InChI is InChI=1S/C38H42NO2S/c1-23(2)16-25-12-13-34-27(17-25)19-35(42-34)26-14-15-39-33(18-26)30-20-32(38(4,5)6)28-10-8-9-11-29(28)36(30)31(22-41-7)37(39)24(3)21-40/h8-15,17-20,23,31,37,40H,3,16,21-22H2,1-2,4-7H3/q+1. The molecule has 0 radical (unpaired) electrons. The molecule has 6 rings (SSSR count). The molecule has 0 fully saturated rings. The smallest absolute Gasteiger partial charge is 0.213 e. The molecular weight excluding hydrogens is 534 g/mol. The van der Waals surface area contributed by atoms with Gasteiger partial charge in [0, 0.05) is 40.0 Å². The van der Waals surface area contributed by atoms with Gasteiger partial charge in [-0.25, -0.2) is 0 Å². The molecule has 1 N–H and O–H groups in total. The topological polar surface area (TPSA) is 33.3 Å². The van der Waals surface area contributed by atoms with E-state index in [0.29, 0.717) is 12.5 Å². The van der Waals surface area contributed by atoms with Crippen LogP contribution in [0.1, 0.15) is 63.3 Å². The summed E-state index contributed by atoms with van der Waals surface area (Å²) in [5.74, 6) is 0.659. The van der Waals surface area contributed by atoms with Gasteiger partial charge < -0.3 is 9.84 Å². The van der Waals surface area contributed by atoms with Crippen molar-refractivity contribution in [3.63, 3.8) is 0 Å². The molecule has 42 heavy (non-hydrogen) atoms. The summed E-state index contributed by atoms with van der Waals surface area (Å²) in [5, 5.41) is 14.2. The molecule has 3 aromatic carbocycles. The molecule has 4 heteroatoms. The molecule has 1 aliphatic heterocycles. The van der Waals surface area contributed by atoms with Gasteiger partial charge >= 0.3 is 0 Å². The molecule has 2 unspecified atom stereocenters. The second-order valence-electron chi connectivity index (χ2n) is 13.3. The van der Waals surface area contributed by atoms with Crippen LogP contribution in [-0.4, -0.2) is 25.4 Å². The lowest BCUT2D eigenvalue weighted by molar-refractivity contribution is -0.709. The lowest BCUT2D eigenvalue weighted by atomic mass is 9.74. The van der Waals surface area contributed by atoms with Gasteiger partial charge in [0.05, 0.1) is 24.7 Å². The fourth-order valence-electron chi connectivity index (χ4n) is 6.87. The largest absolute Gasteiger partial charge is 0.392 e. The third-order valence-corrected chi connectivity index (χ3v) is 9.85. The fourth-order valence-corrected chi connectivity index (χ4v) is 7.91. The number of nitrogens with zero attached hydrogens (tertiary/aromatic N) is 1. The first-order valence-electron chi connectivity index (χ1n) is 15.0. The molecule has 0 aliphatic carbocycles. The van der Waals surface area contributed by atoms with E-state index in [1.807, 2.05) is 11.3 Å². The summed E-state index contributed by atoms with van der Waals surface area (Å²) in [7, 11) is 1.77. The highest BCUT2D eigenvalue weighted by atomic mass is 32.1. The first-order chi connectivity index (χ1) is 20.1. The van der Waals surface area contributed by atoms with Crippen molar-refractivity contribution in [2.45, 2.75) is 58.4 Å². The van der Waals surface area contributed by atoms with Crippen molar-refractivity contribution in [2.24, 2.45) is 5.92 Å². The summed E-state index contributed by atoms with van der Waals surface area (Å²) in [5.41, 5.74) is 8.39. The zero-order valence-electron chi connectivity index (χ0n) is 25.7. The highest BCUT2D eigenvalue weighted by Crippen LogP contribution is 2.48. The van der Waals surface area contributed by atoms with Crippen LogP contribution < -0.4 is 4.57 Å². The van der Waals surface area contributed by atoms with E-state index in [9.17, 15) is 5.11 Å². The van der Waals surface area contributed by atoms with E-state index >= 15 is 0 Å². The number of hydrogen-bond acceptors (Lipinski definition) is 3. The molecule has 216 valence electrons. The van der Waals surface area contributed by atoms with Crippen LogP contribution in [0.15, 0.2) is 85.1 Å². The van der Waals surface area contributed by atoms with Crippen LogP contribution in [0.25, 0.3) is 42.6 Å². The summed E-state index contributed by atoms with van der Waals surface area (Å²) < 4.78 is 9.49. The molecule has 0 saturated carbocycles. The van der Waals surface area contributed by atoms with Crippen LogP contribution in [0.2, 0.25) is 0 Å². The van der Waals surface area contributed by atoms with Crippen molar-refractivity contribution in [3.8, 4) is 21.7 Å². The van der Waals surface area contributed by atoms with E-state index in [0.717, 1.165) is 17.7 Å². The van der Waals surface area contributed by atoms with Crippen molar-refractivity contribution >= 4 is 32.2 Å². The predicted molar refractivity (Wildman–Crippen MR) is 178 cm³/mol. The van der Waals surface area contributed by atoms with Crippen LogP contribution >= 0.6 is 11.3 Å². The number of benzene rings is 3. The maximum Gasteiger partial charge on any atom is 0.213 e. The second-order valence-corrected chi connectivity index (χ2v) is 14.4. The SMILES string of the molecule is C=C(CO)C1C(COC)c2c(cc(C(C)(C)C)c3ccccc23)-c2cc(-c3cc4cc(CC(C)C)ccc4s3)cc[n+]21. The average molecular weight is 577 g/mol. The number of ether oxygens (including phenoxy) is 1. The molecule has 5 aromatic rings. The van der Waals surface area contributed by atoms with Gasteiger partial charge in [0.15, 0.2) is 12.2 Å². The van der Waals surface area contributed by atoms with Crippen molar-refractivity contribution < 1.29 is 14.4 Å². The molecule has 3 nitrogen and oxygen atoms in total. The number of thiophene rings is 1. The predicted octanol–water partition coefficient (Wildman–Crippen LogP) is 9.01. The molecule has 0 amide bonds. The van der Waals surface area contributed by atoms with Gasteiger partial charge in [0.25, 0.3) is 0 Å². The van der Waals surface area contributed by atoms with Gasteiger partial charge in [0.1, 0.15) is 0 Å². The van der Waals surface area contributed by atoms with Crippen LogP contribution in [0, 0.1) is 5.92 Å². The lowest BCUT2D eigenvalue weighted by Crippen LogP contribution is -2.49. The number of methoxy groups -OCH3 is 1. The van der Waals surface area contributed by atoms with Gasteiger partial charge in [-0.05, 0) is 68.8 Å². The Hall–Kier alpha value is -3.31. The van der Waals surface area contributed by atoms with E-state index in [4.69, 9.17) is 4.74 Å². The van der Waals surface area contributed by atoms with E-state index < -0.39 is 0 Å². The third-order valence-electron chi connectivity index (χ3n) is 8.68. The number of hydrogen-bond donors (Lipinski definition) is 1. The number of fused-ring (bicyclic) bond motifs is 6.